The van der Waals surface area contributed by atoms with Crippen LogP contribution in [0.3, 0.4) is 0 Å². The lowest BCUT2D eigenvalue weighted by molar-refractivity contribution is 0.0696. The molecule has 2 heterocycles. The van der Waals surface area contributed by atoms with Crippen molar-refractivity contribution in [3.8, 4) is 0 Å². The van der Waals surface area contributed by atoms with Crippen LogP contribution in [0.2, 0.25) is 0 Å². The van der Waals surface area contributed by atoms with Gasteiger partial charge in [0, 0.05) is 32.4 Å². The molecule has 0 spiro atoms. The minimum absolute atomic E-state index is 0.370. The Morgan fingerprint density at radius 1 is 1.38 bits per heavy atom. The number of fused-ring (bicyclic) bond motifs is 1. The Bertz CT molecular complexity index is 663. The van der Waals surface area contributed by atoms with E-state index in [1.54, 1.807) is 12.1 Å². The van der Waals surface area contributed by atoms with Crippen molar-refractivity contribution >= 4 is 5.97 Å². The van der Waals surface area contributed by atoms with Crippen LogP contribution in [0.25, 0.3) is 0 Å². The van der Waals surface area contributed by atoms with Crippen LogP contribution in [-0.4, -0.2) is 32.1 Å². The van der Waals surface area contributed by atoms with E-state index >= 15 is 0 Å². The van der Waals surface area contributed by atoms with E-state index in [0.29, 0.717) is 5.56 Å². The van der Waals surface area contributed by atoms with E-state index < -0.39 is 5.97 Å². The maximum Gasteiger partial charge on any atom is 0.335 e. The summed E-state index contributed by atoms with van der Waals surface area (Å²) < 4.78 is 2.14. The first-order valence-electron chi connectivity index (χ1n) is 7.24. The van der Waals surface area contributed by atoms with Crippen LogP contribution in [0.4, 0.5) is 0 Å². The van der Waals surface area contributed by atoms with Gasteiger partial charge in [0.1, 0.15) is 0 Å². The summed E-state index contributed by atoms with van der Waals surface area (Å²) in [5, 5.41) is 9.10. The normalized spacial score (nSPS) is 14.9. The fraction of sp³-hybridized carbons (Fsp3) is 0.375. The van der Waals surface area contributed by atoms with Crippen LogP contribution in [0.15, 0.2) is 30.7 Å². The van der Waals surface area contributed by atoms with Crippen LogP contribution in [-0.2, 0) is 26.1 Å². The lowest BCUT2D eigenvalue weighted by Gasteiger charge is -2.29. The highest BCUT2D eigenvalue weighted by Gasteiger charge is 2.18. The Balaban J connectivity index is 1.77. The fourth-order valence-corrected chi connectivity index (χ4v) is 2.88. The number of benzene rings is 1. The third-order valence-electron chi connectivity index (χ3n) is 4.07. The van der Waals surface area contributed by atoms with Crippen LogP contribution in [0.5, 0.6) is 0 Å². The van der Waals surface area contributed by atoms with Gasteiger partial charge in [0.25, 0.3) is 0 Å². The van der Waals surface area contributed by atoms with Crippen molar-refractivity contribution in [2.75, 3.05) is 6.54 Å². The number of hydrogen-bond donors (Lipinski definition) is 1. The van der Waals surface area contributed by atoms with Crippen molar-refractivity contribution in [3.63, 3.8) is 0 Å². The van der Waals surface area contributed by atoms with E-state index in [4.69, 9.17) is 5.11 Å². The third-order valence-corrected chi connectivity index (χ3v) is 4.07. The number of aryl methyl sites for hydroxylation is 1. The second-order valence-corrected chi connectivity index (χ2v) is 5.42. The van der Waals surface area contributed by atoms with Gasteiger partial charge in [-0.05, 0) is 36.6 Å². The smallest absolute Gasteiger partial charge is 0.335 e. The van der Waals surface area contributed by atoms with Gasteiger partial charge in [0.15, 0.2) is 0 Å². The highest BCUT2D eigenvalue weighted by molar-refractivity contribution is 5.87. The number of rotatable bonds is 4. The molecule has 5 nitrogen and oxygen atoms in total. The number of carbonyl (C=O) groups is 1. The highest BCUT2D eigenvalue weighted by atomic mass is 16.4. The highest BCUT2D eigenvalue weighted by Crippen LogP contribution is 2.22. The molecule has 1 aromatic carbocycles. The van der Waals surface area contributed by atoms with Gasteiger partial charge in [0.2, 0.25) is 0 Å². The molecule has 0 aliphatic carbocycles. The first-order chi connectivity index (χ1) is 10.2. The lowest BCUT2D eigenvalue weighted by atomic mass is 9.97. The molecule has 0 atom stereocenters. The predicted molar refractivity (Wildman–Crippen MR) is 79.1 cm³/mol. The topological polar surface area (TPSA) is 58.4 Å². The molecule has 0 bridgehead atoms. The molecular weight excluding hydrogens is 266 g/mol. The third kappa shape index (κ3) is 2.83. The maximum absolute atomic E-state index is 11.1. The molecule has 0 saturated carbocycles. The Hall–Kier alpha value is -2.14. The SMILES string of the molecule is CCn1cncc1CN1CCc2ccc(C(=O)O)cc2C1. The number of hydrogen-bond acceptors (Lipinski definition) is 3. The molecule has 1 aromatic heterocycles. The van der Waals surface area contributed by atoms with E-state index in [2.05, 4.69) is 21.4 Å². The quantitative estimate of drug-likeness (QED) is 0.935. The van der Waals surface area contributed by atoms with Gasteiger partial charge in [0.05, 0.1) is 17.6 Å². The number of nitrogens with zero attached hydrogens (tertiary/aromatic N) is 3. The Kier molecular flexibility index (Phi) is 3.75. The van der Waals surface area contributed by atoms with Crippen molar-refractivity contribution < 1.29 is 9.90 Å². The summed E-state index contributed by atoms with van der Waals surface area (Å²) in [7, 11) is 0. The van der Waals surface area contributed by atoms with Crippen molar-refractivity contribution in [2.45, 2.75) is 33.0 Å². The molecule has 21 heavy (non-hydrogen) atoms. The summed E-state index contributed by atoms with van der Waals surface area (Å²) >= 11 is 0. The molecule has 0 amide bonds. The van der Waals surface area contributed by atoms with Gasteiger partial charge in [-0.3, -0.25) is 4.90 Å². The van der Waals surface area contributed by atoms with Gasteiger partial charge in [-0.15, -0.1) is 0 Å². The van der Waals surface area contributed by atoms with Crippen molar-refractivity contribution in [1.29, 1.82) is 0 Å². The largest absolute Gasteiger partial charge is 0.478 e. The monoisotopic (exact) mass is 285 g/mol. The number of aromatic nitrogens is 2. The predicted octanol–water partition coefficient (Wildman–Crippen LogP) is 2.16. The summed E-state index contributed by atoms with van der Waals surface area (Å²) in [5.41, 5.74) is 3.97. The molecule has 0 fully saturated rings. The standard InChI is InChI=1S/C16H19N3O2/c1-2-19-11-17-8-15(19)10-18-6-5-12-3-4-13(16(20)21)7-14(12)9-18/h3-4,7-8,11H,2,5-6,9-10H2,1H3,(H,20,21). The van der Waals surface area contributed by atoms with Gasteiger partial charge < -0.3 is 9.67 Å². The van der Waals surface area contributed by atoms with E-state index in [1.807, 2.05) is 18.6 Å². The van der Waals surface area contributed by atoms with Gasteiger partial charge in [-0.2, -0.15) is 0 Å². The summed E-state index contributed by atoms with van der Waals surface area (Å²) in [6.45, 7) is 5.67. The fourth-order valence-electron chi connectivity index (χ4n) is 2.88. The molecule has 0 unspecified atom stereocenters. The van der Waals surface area contributed by atoms with E-state index in [1.165, 1.54) is 11.3 Å². The van der Waals surface area contributed by atoms with Crippen LogP contribution in [0, 0.1) is 0 Å². The van der Waals surface area contributed by atoms with Gasteiger partial charge in [-0.25, -0.2) is 9.78 Å². The van der Waals surface area contributed by atoms with Gasteiger partial charge >= 0.3 is 5.97 Å². The molecule has 2 aromatic rings. The van der Waals surface area contributed by atoms with E-state index in [-0.39, 0.29) is 0 Å². The number of carboxylic acid groups (broad SMARTS) is 1. The Morgan fingerprint density at radius 3 is 3.00 bits per heavy atom. The van der Waals surface area contributed by atoms with E-state index in [9.17, 15) is 4.79 Å². The van der Waals surface area contributed by atoms with Crippen LogP contribution >= 0.6 is 0 Å². The van der Waals surface area contributed by atoms with Crippen LogP contribution < -0.4 is 0 Å². The number of imidazole rings is 1. The first kappa shape index (κ1) is 13.8. The zero-order chi connectivity index (χ0) is 14.8. The summed E-state index contributed by atoms with van der Waals surface area (Å²) in [4.78, 5) is 17.6. The summed E-state index contributed by atoms with van der Waals surface area (Å²) in [5.74, 6) is -0.862. The number of carboxylic acids is 1. The molecule has 3 rings (SSSR count). The molecule has 1 N–H and O–H groups in total. The second kappa shape index (κ2) is 5.69. The minimum Gasteiger partial charge on any atom is -0.478 e. The first-order valence-corrected chi connectivity index (χ1v) is 7.24. The lowest BCUT2D eigenvalue weighted by Crippen LogP contribution is -2.31. The molecule has 0 radical (unpaired) electrons. The number of aromatic carboxylic acids is 1. The molecule has 1 aliphatic rings. The van der Waals surface area contributed by atoms with Crippen molar-refractivity contribution in [1.82, 2.24) is 14.5 Å². The average Bonchev–Trinajstić information content (AvgIpc) is 2.93. The maximum atomic E-state index is 11.1. The summed E-state index contributed by atoms with van der Waals surface area (Å²) in [6, 6.07) is 5.45. The molecular formula is C16H19N3O2. The van der Waals surface area contributed by atoms with Crippen LogP contribution in [0.1, 0.15) is 34.1 Å². The van der Waals surface area contributed by atoms with Crippen molar-refractivity contribution in [3.05, 3.63) is 53.1 Å². The zero-order valence-electron chi connectivity index (χ0n) is 12.1. The van der Waals surface area contributed by atoms with Crippen molar-refractivity contribution in [2.24, 2.45) is 0 Å². The molecule has 0 saturated heterocycles. The molecule has 5 heteroatoms. The molecule has 110 valence electrons. The Morgan fingerprint density at radius 2 is 2.24 bits per heavy atom. The van der Waals surface area contributed by atoms with Gasteiger partial charge in [-0.1, -0.05) is 6.07 Å². The zero-order valence-corrected chi connectivity index (χ0v) is 12.1. The van der Waals surface area contributed by atoms with E-state index in [0.717, 1.165) is 38.2 Å². The second-order valence-electron chi connectivity index (χ2n) is 5.42. The summed E-state index contributed by atoms with van der Waals surface area (Å²) in [6.07, 6.45) is 4.73. The minimum atomic E-state index is -0.862. The molecule has 1 aliphatic heterocycles. The average molecular weight is 285 g/mol. The Labute approximate surface area is 123 Å².